The van der Waals surface area contributed by atoms with Crippen LogP contribution in [0.4, 0.5) is 0 Å². The molecule has 1 aliphatic rings. The van der Waals surface area contributed by atoms with Crippen LogP contribution in [0.3, 0.4) is 0 Å². The quantitative estimate of drug-likeness (QED) is 0.784. The van der Waals surface area contributed by atoms with E-state index in [9.17, 15) is 4.79 Å². The molecule has 3 heteroatoms. The molecule has 1 aromatic rings. The van der Waals surface area contributed by atoms with Crippen LogP contribution in [0.5, 0.6) is 0 Å². The number of rotatable bonds is 3. The van der Waals surface area contributed by atoms with E-state index < -0.39 is 0 Å². The lowest BCUT2D eigenvalue weighted by Crippen LogP contribution is -2.44. The van der Waals surface area contributed by atoms with E-state index in [1.165, 1.54) is 23.8 Å². The van der Waals surface area contributed by atoms with E-state index in [2.05, 4.69) is 36.9 Å². The molecule has 1 saturated heterocycles. The van der Waals surface area contributed by atoms with E-state index in [-0.39, 0.29) is 12.0 Å². The average molecular weight is 261 g/mol. The van der Waals surface area contributed by atoms with Gasteiger partial charge in [0.05, 0.1) is 7.11 Å². The van der Waals surface area contributed by atoms with Crippen LogP contribution >= 0.6 is 0 Å². The summed E-state index contributed by atoms with van der Waals surface area (Å²) >= 11 is 0. The third-order valence-electron chi connectivity index (χ3n) is 3.75. The first-order valence-corrected chi connectivity index (χ1v) is 6.99. The first-order chi connectivity index (χ1) is 9.10. The van der Waals surface area contributed by atoms with Gasteiger partial charge in [0.25, 0.3) is 0 Å². The van der Waals surface area contributed by atoms with Gasteiger partial charge in [0.2, 0.25) is 0 Å². The molecule has 0 saturated carbocycles. The topological polar surface area (TPSA) is 29.5 Å². The lowest BCUT2D eigenvalue weighted by Gasteiger charge is -2.33. The maximum atomic E-state index is 11.8. The predicted octanol–water partition coefficient (Wildman–Crippen LogP) is 2.83. The van der Waals surface area contributed by atoms with Gasteiger partial charge >= 0.3 is 5.97 Å². The summed E-state index contributed by atoms with van der Waals surface area (Å²) < 4.78 is 4.92. The van der Waals surface area contributed by atoms with E-state index in [4.69, 9.17) is 4.74 Å². The Hall–Kier alpha value is -1.35. The highest BCUT2D eigenvalue weighted by atomic mass is 16.5. The molecule has 3 nitrogen and oxygen atoms in total. The summed E-state index contributed by atoms with van der Waals surface area (Å²) in [5, 5.41) is 0. The fourth-order valence-electron chi connectivity index (χ4n) is 2.98. The van der Waals surface area contributed by atoms with Crippen LogP contribution in [-0.4, -0.2) is 30.6 Å². The van der Waals surface area contributed by atoms with Crippen molar-refractivity contribution in [3.8, 4) is 0 Å². The van der Waals surface area contributed by atoms with Gasteiger partial charge in [0.15, 0.2) is 0 Å². The summed E-state index contributed by atoms with van der Waals surface area (Å²) in [5.41, 5.74) is 3.84. The molecule has 0 amide bonds. The van der Waals surface area contributed by atoms with Crippen LogP contribution in [0, 0.1) is 13.8 Å². The van der Waals surface area contributed by atoms with Crippen LogP contribution in [0.1, 0.15) is 36.0 Å². The van der Waals surface area contributed by atoms with E-state index in [0.29, 0.717) is 0 Å². The molecule has 1 unspecified atom stereocenters. The average Bonchev–Trinajstić information content (AvgIpc) is 2.37. The fourth-order valence-corrected chi connectivity index (χ4v) is 2.98. The van der Waals surface area contributed by atoms with Crippen LogP contribution < -0.4 is 0 Å². The number of aryl methyl sites for hydroxylation is 2. The minimum atomic E-state index is -0.0934. The molecule has 0 aliphatic carbocycles. The summed E-state index contributed by atoms with van der Waals surface area (Å²) in [6, 6.07) is 6.52. The predicted molar refractivity (Wildman–Crippen MR) is 76.0 cm³/mol. The molecular weight excluding hydrogens is 238 g/mol. The molecule has 2 rings (SSSR count). The first kappa shape index (κ1) is 14.1. The van der Waals surface area contributed by atoms with Crippen molar-refractivity contribution in [3.05, 3.63) is 34.9 Å². The lowest BCUT2D eigenvalue weighted by molar-refractivity contribution is -0.148. The number of benzene rings is 1. The van der Waals surface area contributed by atoms with E-state index >= 15 is 0 Å². The number of hydrogen-bond acceptors (Lipinski definition) is 3. The summed E-state index contributed by atoms with van der Waals surface area (Å²) in [6.07, 6.45) is 3.19. The maximum absolute atomic E-state index is 11.8. The fraction of sp³-hybridized carbons (Fsp3) is 0.562. The SMILES string of the molecule is COC(=O)C1CCCCN1Cc1cc(C)cc(C)c1. The zero-order valence-corrected chi connectivity index (χ0v) is 12.1. The van der Waals surface area contributed by atoms with Crippen LogP contribution in [-0.2, 0) is 16.1 Å². The minimum Gasteiger partial charge on any atom is -0.468 e. The van der Waals surface area contributed by atoms with Gasteiger partial charge in [-0.05, 0) is 38.8 Å². The molecule has 19 heavy (non-hydrogen) atoms. The van der Waals surface area contributed by atoms with E-state index in [1.54, 1.807) is 0 Å². The van der Waals surface area contributed by atoms with Crippen LogP contribution in [0.15, 0.2) is 18.2 Å². The molecular formula is C16H23NO2. The number of likely N-dealkylation sites (tertiary alicyclic amines) is 1. The Morgan fingerprint density at radius 3 is 2.58 bits per heavy atom. The Balaban J connectivity index is 2.12. The van der Waals surface area contributed by atoms with E-state index in [1.807, 2.05) is 0 Å². The maximum Gasteiger partial charge on any atom is 0.323 e. The Morgan fingerprint density at radius 2 is 1.95 bits per heavy atom. The van der Waals surface area contributed by atoms with Crippen molar-refractivity contribution in [2.45, 2.75) is 45.7 Å². The standard InChI is InChI=1S/C16H23NO2/c1-12-8-13(2)10-14(9-12)11-17-7-5-4-6-15(17)16(18)19-3/h8-10,15H,4-7,11H2,1-3H3. The molecule has 0 bridgehead atoms. The number of esters is 1. The number of carbonyl (C=O) groups is 1. The molecule has 0 aromatic heterocycles. The molecule has 1 atom stereocenters. The minimum absolute atomic E-state index is 0.0698. The van der Waals surface area contributed by atoms with Gasteiger partial charge in [-0.15, -0.1) is 0 Å². The van der Waals surface area contributed by atoms with Crippen LogP contribution in [0.2, 0.25) is 0 Å². The highest BCUT2D eigenvalue weighted by Crippen LogP contribution is 2.21. The zero-order valence-electron chi connectivity index (χ0n) is 12.1. The van der Waals surface area contributed by atoms with Gasteiger partial charge in [0.1, 0.15) is 6.04 Å². The Kier molecular flexibility index (Phi) is 4.59. The van der Waals surface area contributed by atoms with E-state index in [0.717, 1.165) is 32.4 Å². The van der Waals surface area contributed by atoms with Gasteiger partial charge in [0, 0.05) is 6.54 Å². The lowest BCUT2D eigenvalue weighted by atomic mass is 10.00. The molecule has 0 N–H and O–H groups in total. The van der Waals surface area contributed by atoms with Crippen molar-refractivity contribution >= 4 is 5.97 Å². The van der Waals surface area contributed by atoms with Crippen molar-refractivity contribution in [1.29, 1.82) is 0 Å². The number of ether oxygens (including phenoxy) is 1. The molecule has 1 aromatic carbocycles. The summed E-state index contributed by atoms with van der Waals surface area (Å²) in [6.45, 7) is 6.05. The molecule has 104 valence electrons. The third-order valence-corrected chi connectivity index (χ3v) is 3.75. The second kappa shape index (κ2) is 6.20. The normalized spacial score (nSPS) is 20.3. The number of carbonyl (C=O) groups excluding carboxylic acids is 1. The summed E-state index contributed by atoms with van der Waals surface area (Å²) in [5.74, 6) is -0.0934. The van der Waals surface area contributed by atoms with Gasteiger partial charge in [-0.1, -0.05) is 35.7 Å². The molecule has 1 heterocycles. The van der Waals surface area contributed by atoms with Gasteiger partial charge in [-0.2, -0.15) is 0 Å². The largest absolute Gasteiger partial charge is 0.468 e. The Bertz CT molecular complexity index is 436. The molecule has 0 radical (unpaired) electrons. The molecule has 1 fully saturated rings. The van der Waals surface area contributed by atoms with Gasteiger partial charge in [-0.25, -0.2) is 0 Å². The second-order valence-corrected chi connectivity index (χ2v) is 5.50. The van der Waals surface area contributed by atoms with Crippen LogP contribution in [0.25, 0.3) is 0 Å². The zero-order chi connectivity index (χ0) is 13.8. The molecule has 0 spiro atoms. The third kappa shape index (κ3) is 3.57. The highest BCUT2D eigenvalue weighted by Gasteiger charge is 2.29. The van der Waals surface area contributed by atoms with Crippen molar-refractivity contribution in [1.82, 2.24) is 4.90 Å². The molecule has 1 aliphatic heterocycles. The first-order valence-electron chi connectivity index (χ1n) is 6.99. The number of hydrogen-bond donors (Lipinski definition) is 0. The Labute approximate surface area is 115 Å². The van der Waals surface area contributed by atoms with Gasteiger partial charge in [-0.3, -0.25) is 9.69 Å². The number of methoxy groups -OCH3 is 1. The highest BCUT2D eigenvalue weighted by molar-refractivity contribution is 5.75. The summed E-state index contributed by atoms with van der Waals surface area (Å²) in [4.78, 5) is 14.1. The Morgan fingerprint density at radius 1 is 1.26 bits per heavy atom. The van der Waals surface area contributed by atoms with Gasteiger partial charge < -0.3 is 4.74 Å². The van der Waals surface area contributed by atoms with Crippen molar-refractivity contribution < 1.29 is 9.53 Å². The second-order valence-electron chi connectivity index (χ2n) is 5.50. The van der Waals surface area contributed by atoms with Crippen molar-refractivity contribution in [2.24, 2.45) is 0 Å². The smallest absolute Gasteiger partial charge is 0.323 e. The monoisotopic (exact) mass is 261 g/mol. The van der Waals surface area contributed by atoms with Crippen molar-refractivity contribution in [2.75, 3.05) is 13.7 Å². The van der Waals surface area contributed by atoms with Crippen molar-refractivity contribution in [3.63, 3.8) is 0 Å². The number of nitrogens with zero attached hydrogens (tertiary/aromatic N) is 1. The number of piperidine rings is 1. The summed E-state index contributed by atoms with van der Waals surface area (Å²) in [7, 11) is 1.48.